The van der Waals surface area contributed by atoms with Crippen molar-refractivity contribution in [1.82, 2.24) is 4.98 Å². The van der Waals surface area contributed by atoms with E-state index in [4.69, 9.17) is 9.47 Å². The smallest absolute Gasteiger partial charge is 0.307 e. The summed E-state index contributed by atoms with van der Waals surface area (Å²) < 4.78 is 10.8. The van der Waals surface area contributed by atoms with Crippen LogP contribution in [0.2, 0.25) is 0 Å². The van der Waals surface area contributed by atoms with Gasteiger partial charge in [0.25, 0.3) is 0 Å². The van der Waals surface area contributed by atoms with Gasteiger partial charge in [-0.2, -0.15) is 0 Å². The lowest BCUT2D eigenvalue weighted by Crippen LogP contribution is -2.01. The van der Waals surface area contributed by atoms with Gasteiger partial charge in [-0.25, -0.2) is 0 Å². The van der Waals surface area contributed by atoms with Gasteiger partial charge >= 0.3 is 5.97 Å². The number of aromatic nitrogens is 1. The Morgan fingerprint density at radius 2 is 1.88 bits per heavy atom. The van der Waals surface area contributed by atoms with E-state index < -0.39 is 5.97 Å². The molecule has 3 rings (SSSR count). The number of carbonyl (C=O) groups is 1. The van der Waals surface area contributed by atoms with Crippen molar-refractivity contribution in [2.75, 3.05) is 13.7 Å². The Labute approximate surface area is 146 Å². The molecule has 0 saturated carbocycles. The number of carboxylic acids is 1. The van der Waals surface area contributed by atoms with Crippen LogP contribution in [-0.2, 0) is 11.2 Å². The molecule has 5 nitrogen and oxygen atoms in total. The molecule has 1 heterocycles. The van der Waals surface area contributed by atoms with Crippen molar-refractivity contribution in [3.05, 3.63) is 47.5 Å². The van der Waals surface area contributed by atoms with Crippen molar-refractivity contribution in [2.45, 2.75) is 20.3 Å². The van der Waals surface area contributed by atoms with Gasteiger partial charge in [-0.15, -0.1) is 0 Å². The summed E-state index contributed by atoms with van der Waals surface area (Å²) in [6.45, 7) is 4.52. The number of hydrogen-bond donors (Lipinski definition) is 2. The highest BCUT2D eigenvalue weighted by Crippen LogP contribution is 2.35. The minimum absolute atomic E-state index is 0.0604. The molecule has 25 heavy (non-hydrogen) atoms. The lowest BCUT2D eigenvalue weighted by Gasteiger charge is -2.06. The fraction of sp³-hybridized carbons (Fsp3) is 0.250. The molecule has 0 saturated heterocycles. The third-order valence-electron chi connectivity index (χ3n) is 4.20. The standard InChI is InChI=1S/C20H21NO4/c1-4-25-14-7-5-13(6-8-14)20-17(11-18(22)23)16-10-15(24-3)9-12(2)19(16)21-20/h5-10,21H,4,11H2,1-3H3,(H,22,23). The molecule has 130 valence electrons. The van der Waals surface area contributed by atoms with Crippen LogP contribution >= 0.6 is 0 Å². The highest BCUT2D eigenvalue weighted by atomic mass is 16.5. The van der Waals surface area contributed by atoms with Crippen molar-refractivity contribution < 1.29 is 19.4 Å². The first-order chi connectivity index (χ1) is 12.0. The minimum atomic E-state index is -0.867. The average molecular weight is 339 g/mol. The summed E-state index contributed by atoms with van der Waals surface area (Å²) in [5.74, 6) is 0.641. The molecule has 2 N–H and O–H groups in total. The summed E-state index contributed by atoms with van der Waals surface area (Å²) in [5, 5.41) is 10.2. The molecule has 0 spiro atoms. The second-order valence-corrected chi connectivity index (χ2v) is 5.87. The van der Waals surface area contributed by atoms with E-state index in [-0.39, 0.29) is 6.42 Å². The van der Waals surface area contributed by atoms with Crippen molar-refractivity contribution in [2.24, 2.45) is 0 Å². The summed E-state index contributed by atoms with van der Waals surface area (Å²) in [5.41, 5.74) is 4.44. The third-order valence-corrected chi connectivity index (χ3v) is 4.20. The van der Waals surface area contributed by atoms with Crippen molar-refractivity contribution in [1.29, 1.82) is 0 Å². The number of benzene rings is 2. The summed E-state index contributed by atoms with van der Waals surface area (Å²) in [7, 11) is 1.61. The van der Waals surface area contributed by atoms with E-state index in [0.717, 1.165) is 39.0 Å². The molecule has 0 amide bonds. The predicted molar refractivity (Wildman–Crippen MR) is 97.5 cm³/mol. The van der Waals surface area contributed by atoms with E-state index in [1.54, 1.807) is 7.11 Å². The first-order valence-electron chi connectivity index (χ1n) is 8.17. The SMILES string of the molecule is CCOc1ccc(-c2[nH]c3c(C)cc(OC)cc3c2CC(=O)O)cc1. The third kappa shape index (κ3) is 3.31. The number of rotatable bonds is 6. The topological polar surface area (TPSA) is 71.5 Å². The van der Waals surface area contributed by atoms with Gasteiger partial charge in [0, 0.05) is 10.9 Å². The number of carboxylic acid groups (broad SMARTS) is 1. The van der Waals surface area contributed by atoms with Gasteiger partial charge in [-0.1, -0.05) is 0 Å². The number of methoxy groups -OCH3 is 1. The van der Waals surface area contributed by atoms with Gasteiger partial charge < -0.3 is 19.6 Å². The number of nitrogens with one attached hydrogen (secondary N) is 1. The molecule has 0 bridgehead atoms. The van der Waals surface area contributed by atoms with Crippen LogP contribution in [0.5, 0.6) is 11.5 Å². The maximum atomic E-state index is 11.4. The highest BCUT2D eigenvalue weighted by molar-refractivity contribution is 5.96. The van der Waals surface area contributed by atoms with Gasteiger partial charge in [-0.05, 0) is 66.9 Å². The summed E-state index contributed by atoms with van der Waals surface area (Å²) in [6.07, 6.45) is -0.0604. The molecule has 1 aromatic heterocycles. The molecular formula is C20H21NO4. The normalized spacial score (nSPS) is 10.8. The van der Waals surface area contributed by atoms with Gasteiger partial charge in [0.15, 0.2) is 0 Å². The Morgan fingerprint density at radius 1 is 1.16 bits per heavy atom. The Balaban J connectivity index is 2.19. The molecule has 0 atom stereocenters. The zero-order chi connectivity index (χ0) is 18.0. The Bertz CT molecular complexity index is 910. The molecule has 0 aliphatic carbocycles. The first-order valence-corrected chi connectivity index (χ1v) is 8.17. The molecular weight excluding hydrogens is 318 g/mol. The number of aliphatic carboxylic acids is 1. The van der Waals surface area contributed by atoms with E-state index in [1.807, 2.05) is 50.2 Å². The lowest BCUT2D eigenvalue weighted by atomic mass is 10.0. The second-order valence-electron chi connectivity index (χ2n) is 5.87. The maximum Gasteiger partial charge on any atom is 0.307 e. The fourth-order valence-electron chi connectivity index (χ4n) is 3.08. The highest BCUT2D eigenvalue weighted by Gasteiger charge is 2.18. The Hall–Kier alpha value is -2.95. The van der Waals surface area contributed by atoms with Crippen molar-refractivity contribution in [3.8, 4) is 22.8 Å². The van der Waals surface area contributed by atoms with Crippen molar-refractivity contribution >= 4 is 16.9 Å². The number of H-pyrrole nitrogens is 1. The number of aryl methyl sites for hydroxylation is 1. The van der Waals surface area contributed by atoms with Crippen LogP contribution in [0.3, 0.4) is 0 Å². The van der Waals surface area contributed by atoms with Gasteiger partial charge in [0.2, 0.25) is 0 Å². The van der Waals surface area contributed by atoms with Crippen LogP contribution in [0.25, 0.3) is 22.2 Å². The molecule has 0 aliphatic heterocycles. The summed E-state index contributed by atoms with van der Waals surface area (Å²) in [6, 6.07) is 11.5. The number of ether oxygens (including phenoxy) is 2. The van der Waals surface area contributed by atoms with Gasteiger partial charge in [0.1, 0.15) is 11.5 Å². The van der Waals surface area contributed by atoms with Gasteiger partial charge in [0.05, 0.1) is 25.8 Å². The van der Waals surface area contributed by atoms with E-state index in [2.05, 4.69) is 4.98 Å². The summed E-state index contributed by atoms with van der Waals surface area (Å²) in [4.78, 5) is 14.8. The number of hydrogen-bond acceptors (Lipinski definition) is 3. The molecule has 0 unspecified atom stereocenters. The Kier molecular flexibility index (Phi) is 4.65. The van der Waals surface area contributed by atoms with Gasteiger partial charge in [-0.3, -0.25) is 4.79 Å². The largest absolute Gasteiger partial charge is 0.497 e. The zero-order valence-corrected chi connectivity index (χ0v) is 14.6. The van der Waals surface area contributed by atoms with Crippen molar-refractivity contribution in [3.63, 3.8) is 0 Å². The summed E-state index contributed by atoms with van der Waals surface area (Å²) >= 11 is 0. The van der Waals surface area contributed by atoms with Crippen LogP contribution in [0.4, 0.5) is 0 Å². The zero-order valence-electron chi connectivity index (χ0n) is 14.6. The molecule has 3 aromatic rings. The van der Waals surface area contributed by atoms with E-state index in [0.29, 0.717) is 12.4 Å². The van der Waals surface area contributed by atoms with E-state index >= 15 is 0 Å². The average Bonchev–Trinajstić information content (AvgIpc) is 2.94. The molecule has 0 aliphatic rings. The number of fused-ring (bicyclic) bond motifs is 1. The molecule has 5 heteroatoms. The van der Waals surface area contributed by atoms with Crippen LogP contribution in [-0.4, -0.2) is 29.8 Å². The van der Waals surface area contributed by atoms with Crippen LogP contribution < -0.4 is 9.47 Å². The predicted octanol–water partition coefficient (Wildman–Crippen LogP) is 4.18. The van der Waals surface area contributed by atoms with Crippen LogP contribution in [0.15, 0.2) is 36.4 Å². The molecule has 0 fully saturated rings. The fourth-order valence-corrected chi connectivity index (χ4v) is 3.08. The minimum Gasteiger partial charge on any atom is -0.497 e. The second kappa shape index (κ2) is 6.89. The molecule has 2 aromatic carbocycles. The van der Waals surface area contributed by atoms with E-state index in [1.165, 1.54) is 0 Å². The first kappa shape index (κ1) is 16.9. The maximum absolute atomic E-state index is 11.4. The lowest BCUT2D eigenvalue weighted by molar-refractivity contribution is -0.136. The number of aromatic amines is 1. The van der Waals surface area contributed by atoms with Crippen LogP contribution in [0.1, 0.15) is 18.1 Å². The quantitative estimate of drug-likeness (QED) is 0.707. The Morgan fingerprint density at radius 3 is 2.48 bits per heavy atom. The van der Waals surface area contributed by atoms with Crippen LogP contribution in [0, 0.1) is 6.92 Å². The monoisotopic (exact) mass is 339 g/mol. The van der Waals surface area contributed by atoms with E-state index in [9.17, 15) is 9.90 Å². The molecule has 0 radical (unpaired) electrons.